The normalized spacial score (nSPS) is 12.5. The molecule has 2 atom stereocenters. The predicted molar refractivity (Wildman–Crippen MR) is 141 cm³/mol. The first-order chi connectivity index (χ1) is 16.6. The molecule has 4 rings (SSSR count). The number of hydrogen-bond donors (Lipinski definition) is 1. The minimum Gasteiger partial charge on any atom is -0.340 e. The molecule has 3 nitrogen and oxygen atoms in total. The molecule has 0 spiro atoms. The molecule has 0 heterocycles. The summed E-state index contributed by atoms with van der Waals surface area (Å²) in [7, 11) is 0. The molecule has 5 heteroatoms. The van der Waals surface area contributed by atoms with Gasteiger partial charge in [0, 0.05) is 15.4 Å². The van der Waals surface area contributed by atoms with Crippen LogP contribution in [-0.4, -0.2) is 17.1 Å². The van der Waals surface area contributed by atoms with Crippen molar-refractivity contribution in [2.24, 2.45) is 0 Å². The zero-order valence-electron chi connectivity index (χ0n) is 18.8. The largest absolute Gasteiger partial charge is 0.340 e. The molecule has 0 radical (unpaired) electrons. The van der Waals surface area contributed by atoms with Gasteiger partial charge in [-0.1, -0.05) is 84.4 Å². The summed E-state index contributed by atoms with van der Waals surface area (Å²) in [5.74, 6) is -0.265. The molecule has 0 aromatic heterocycles. The van der Waals surface area contributed by atoms with Crippen LogP contribution < -0.4 is 5.32 Å². The Kier molecular flexibility index (Phi) is 8.23. The number of nitrogens with one attached hydrogen (secondary N) is 1. The molecule has 0 saturated carbocycles. The first-order valence-corrected chi connectivity index (χ1v) is 12.7. The van der Waals surface area contributed by atoms with Crippen molar-refractivity contribution >= 4 is 34.5 Å². The fourth-order valence-electron chi connectivity index (χ4n) is 3.56. The van der Waals surface area contributed by atoms with Crippen molar-refractivity contribution in [3.63, 3.8) is 0 Å². The highest BCUT2D eigenvalue weighted by Gasteiger charge is 2.33. The van der Waals surface area contributed by atoms with Crippen molar-refractivity contribution in [1.82, 2.24) is 5.32 Å². The molecule has 0 saturated heterocycles. The maximum absolute atomic E-state index is 13.7. The molecule has 4 aromatic rings. The van der Waals surface area contributed by atoms with E-state index >= 15 is 0 Å². The first-order valence-electron chi connectivity index (χ1n) is 11.0. The second kappa shape index (κ2) is 11.7. The van der Waals surface area contributed by atoms with E-state index in [4.69, 9.17) is 0 Å². The molecule has 170 valence electrons. The minimum absolute atomic E-state index is 0.106. The topological polar surface area (TPSA) is 46.2 Å². The van der Waals surface area contributed by atoms with E-state index in [2.05, 4.69) is 11.4 Å². The Morgan fingerprint density at radius 2 is 1.29 bits per heavy atom. The Balaban J connectivity index is 1.72. The number of thioether (sulfide) groups is 2. The second-order valence-corrected chi connectivity index (χ2v) is 10.1. The Bertz CT molecular complexity index is 1230. The minimum atomic E-state index is -0.745. The van der Waals surface area contributed by atoms with E-state index in [9.17, 15) is 9.59 Å². The van der Waals surface area contributed by atoms with Gasteiger partial charge in [0.05, 0.1) is 5.25 Å². The van der Waals surface area contributed by atoms with Crippen LogP contribution in [0.15, 0.2) is 125 Å². The van der Waals surface area contributed by atoms with E-state index < -0.39 is 6.04 Å². The lowest BCUT2D eigenvalue weighted by Gasteiger charge is -2.27. The highest BCUT2D eigenvalue weighted by molar-refractivity contribution is 8.14. The summed E-state index contributed by atoms with van der Waals surface area (Å²) in [4.78, 5) is 28.8. The smallest absolute Gasteiger partial charge is 0.251 e. The van der Waals surface area contributed by atoms with Crippen LogP contribution >= 0.6 is 23.5 Å². The van der Waals surface area contributed by atoms with Gasteiger partial charge in [-0.15, -0.1) is 11.8 Å². The van der Waals surface area contributed by atoms with Crippen LogP contribution in [0.2, 0.25) is 0 Å². The Morgan fingerprint density at radius 3 is 1.91 bits per heavy atom. The van der Waals surface area contributed by atoms with E-state index in [0.29, 0.717) is 5.56 Å². The molecule has 4 aromatic carbocycles. The van der Waals surface area contributed by atoms with Crippen molar-refractivity contribution < 1.29 is 9.59 Å². The Hall–Kier alpha value is -3.28. The molecule has 1 amide bonds. The Morgan fingerprint density at radius 1 is 0.706 bits per heavy atom. The van der Waals surface area contributed by atoms with Crippen LogP contribution in [0.4, 0.5) is 0 Å². The second-order valence-electron chi connectivity index (χ2n) is 7.82. The number of carbonyl (C=O) groups excluding carboxylic acids is 2. The highest BCUT2D eigenvalue weighted by atomic mass is 32.2. The van der Waals surface area contributed by atoms with E-state index in [0.717, 1.165) is 32.7 Å². The lowest BCUT2D eigenvalue weighted by molar-refractivity contribution is -0.112. The fourth-order valence-corrected chi connectivity index (χ4v) is 5.71. The van der Waals surface area contributed by atoms with Gasteiger partial charge in [-0.2, -0.15) is 0 Å². The van der Waals surface area contributed by atoms with Crippen molar-refractivity contribution in [1.29, 1.82) is 0 Å². The van der Waals surface area contributed by atoms with Crippen LogP contribution in [0.25, 0.3) is 0 Å². The number of carbonyl (C=O) groups is 2. The number of benzene rings is 4. The maximum Gasteiger partial charge on any atom is 0.251 e. The number of amides is 1. The summed E-state index contributed by atoms with van der Waals surface area (Å²) in [6, 6.07) is 35.9. The third kappa shape index (κ3) is 6.40. The molecule has 0 aliphatic rings. The molecule has 0 fully saturated rings. The van der Waals surface area contributed by atoms with Gasteiger partial charge in [-0.25, -0.2) is 0 Å². The lowest BCUT2D eigenvalue weighted by atomic mass is 10.0. The quantitative estimate of drug-likeness (QED) is 0.276. The fraction of sp³-hybridized carbons (Fsp3) is 0.103. The van der Waals surface area contributed by atoms with Gasteiger partial charge in [-0.3, -0.25) is 9.59 Å². The van der Waals surface area contributed by atoms with Gasteiger partial charge in [0.25, 0.3) is 5.91 Å². The predicted octanol–water partition coefficient (Wildman–Crippen LogP) is 6.95. The molecular weight excluding hydrogens is 458 g/mol. The van der Waals surface area contributed by atoms with Gasteiger partial charge in [-0.05, 0) is 60.6 Å². The van der Waals surface area contributed by atoms with Gasteiger partial charge in [0.2, 0.25) is 5.12 Å². The molecule has 34 heavy (non-hydrogen) atoms. The van der Waals surface area contributed by atoms with E-state index in [1.165, 1.54) is 0 Å². The molecule has 0 unspecified atom stereocenters. The standard InChI is InChI=1S/C29H25NO2S2/c1-21-12-11-15-23(20-21)27(33-24-16-7-3-8-17-24)26(29(32)34-25-18-9-4-10-19-25)30-28(31)22-13-5-2-6-14-22/h2-20,26-27H,1H3,(H,30,31)/t26-,27+/m0/s1. The first kappa shape index (κ1) is 23.9. The average Bonchev–Trinajstić information content (AvgIpc) is 2.87. The summed E-state index contributed by atoms with van der Waals surface area (Å²) in [6.07, 6.45) is 0. The molecule has 0 bridgehead atoms. The monoisotopic (exact) mass is 483 g/mol. The zero-order chi connectivity index (χ0) is 23.8. The van der Waals surface area contributed by atoms with Crippen LogP contribution in [0.5, 0.6) is 0 Å². The summed E-state index contributed by atoms with van der Waals surface area (Å²) >= 11 is 2.75. The zero-order valence-corrected chi connectivity index (χ0v) is 20.4. The molecule has 1 N–H and O–H groups in total. The highest BCUT2D eigenvalue weighted by Crippen LogP contribution is 2.40. The van der Waals surface area contributed by atoms with E-state index in [1.807, 2.05) is 104 Å². The van der Waals surface area contributed by atoms with Crippen LogP contribution in [-0.2, 0) is 4.79 Å². The average molecular weight is 484 g/mol. The number of aryl methyl sites for hydroxylation is 1. The van der Waals surface area contributed by atoms with Gasteiger partial charge in [0.15, 0.2) is 0 Å². The van der Waals surface area contributed by atoms with E-state index in [-0.39, 0.29) is 16.3 Å². The van der Waals surface area contributed by atoms with E-state index in [1.54, 1.807) is 23.9 Å². The van der Waals surface area contributed by atoms with Crippen molar-refractivity contribution in [2.45, 2.75) is 28.0 Å². The van der Waals surface area contributed by atoms with Gasteiger partial charge >= 0.3 is 0 Å². The van der Waals surface area contributed by atoms with Gasteiger partial charge < -0.3 is 5.32 Å². The molecule has 0 aliphatic carbocycles. The molecule has 0 aliphatic heterocycles. The summed E-state index contributed by atoms with van der Waals surface area (Å²) in [5.41, 5.74) is 2.62. The molecular formula is C29H25NO2S2. The van der Waals surface area contributed by atoms with Crippen LogP contribution in [0.1, 0.15) is 26.7 Å². The third-order valence-electron chi connectivity index (χ3n) is 5.22. The SMILES string of the molecule is Cc1cccc([C@@H](Sc2ccccc2)[C@H](NC(=O)c2ccccc2)C(=O)Sc2ccccc2)c1. The van der Waals surface area contributed by atoms with Crippen LogP contribution in [0, 0.1) is 6.92 Å². The number of hydrogen-bond acceptors (Lipinski definition) is 4. The van der Waals surface area contributed by atoms with Crippen molar-refractivity contribution in [2.75, 3.05) is 0 Å². The van der Waals surface area contributed by atoms with Crippen LogP contribution in [0.3, 0.4) is 0 Å². The number of rotatable bonds is 8. The third-order valence-corrected chi connectivity index (χ3v) is 7.52. The van der Waals surface area contributed by atoms with Crippen molar-refractivity contribution in [3.05, 3.63) is 132 Å². The lowest BCUT2D eigenvalue weighted by Crippen LogP contribution is -2.43. The summed E-state index contributed by atoms with van der Waals surface area (Å²) in [5, 5.41) is 2.65. The van der Waals surface area contributed by atoms with Crippen molar-refractivity contribution in [3.8, 4) is 0 Å². The Labute approximate surface area is 209 Å². The maximum atomic E-state index is 13.7. The van der Waals surface area contributed by atoms with Gasteiger partial charge in [0.1, 0.15) is 6.04 Å². The summed E-state index contributed by atoms with van der Waals surface area (Å²) < 4.78 is 0. The summed E-state index contributed by atoms with van der Waals surface area (Å²) in [6.45, 7) is 2.03.